The fourth-order valence-corrected chi connectivity index (χ4v) is 1.87. The number of hydrogen-bond donors (Lipinski definition) is 2. The van der Waals surface area contributed by atoms with Gasteiger partial charge in [-0.25, -0.2) is 9.37 Å². The van der Waals surface area contributed by atoms with Crippen LogP contribution < -0.4 is 0 Å². The molecule has 0 aliphatic rings. The smallest absolute Gasteiger partial charge is 0.134 e. The first-order valence-electron chi connectivity index (χ1n) is 5.23. The molecule has 0 amide bonds. The van der Waals surface area contributed by atoms with Gasteiger partial charge in [0.25, 0.3) is 0 Å². The standard InChI is InChI=1S/C12H12ClFN2O/c1-7-6-8(2-3-9(7)14)11-12(13)16-10(15-11)4-5-17/h2-3,6,17H,4-5H2,1H3,(H,15,16). The van der Waals surface area contributed by atoms with Crippen LogP contribution in [0.1, 0.15) is 11.4 Å². The van der Waals surface area contributed by atoms with Crippen molar-refractivity contribution in [2.45, 2.75) is 13.3 Å². The third kappa shape index (κ3) is 2.48. The molecule has 1 heterocycles. The van der Waals surface area contributed by atoms with Crippen LogP contribution in [0.25, 0.3) is 11.3 Å². The molecule has 0 bridgehead atoms. The molecule has 0 aliphatic carbocycles. The number of H-pyrrole nitrogens is 1. The average Bonchev–Trinajstić information content (AvgIpc) is 2.64. The van der Waals surface area contributed by atoms with Crippen molar-refractivity contribution >= 4 is 11.6 Å². The predicted octanol–water partition coefficient (Wildman–Crippen LogP) is 2.71. The van der Waals surface area contributed by atoms with Crippen LogP contribution in [0.2, 0.25) is 5.15 Å². The minimum atomic E-state index is -0.254. The van der Waals surface area contributed by atoms with Gasteiger partial charge in [0.05, 0.1) is 6.61 Å². The lowest BCUT2D eigenvalue weighted by atomic mass is 10.1. The summed E-state index contributed by atoms with van der Waals surface area (Å²) in [6.07, 6.45) is 0.417. The van der Waals surface area contributed by atoms with E-state index in [1.165, 1.54) is 6.07 Å². The normalized spacial score (nSPS) is 10.8. The summed E-state index contributed by atoms with van der Waals surface area (Å²) in [6, 6.07) is 4.72. The highest BCUT2D eigenvalue weighted by Crippen LogP contribution is 2.27. The summed E-state index contributed by atoms with van der Waals surface area (Å²) in [7, 11) is 0. The molecular formula is C12H12ClFN2O. The lowest BCUT2D eigenvalue weighted by Crippen LogP contribution is -1.92. The highest BCUT2D eigenvalue weighted by molar-refractivity contribution is 6.31. The Labute approximate surface area is 103 Å². The minimum Gasteiger partial charge on any atom is -0.396 e. The summed E-state index contributed by atoms with van der Waals surface area (Å²) in [5.41, 5.74) is 1.89. The van der Waals surface area contributed by atoms with Gasteiger partial charge in [0, 0.05) is 12.0 Å². The van der Waals surface area contributed by atoms with Gasteiger partial charge in [-0.1, -0.05) is 11.6 Å². The number of hydrogen-bond acceptors (Lipinski definition) is 2. The van der Waals surface area contributed by atoms with Crippen LogP contribution in [-0.4, -0.2) is 21.7 Å². The first kappa shape index (κ1) is 12.1. The van der Waals surface area contributed by atoms with E-state index in [1.807, 2.05) is 0 Å². The van der Waals surface area contributed by atoms with Crippen LogP contribution in [0, 0.1) is 12.7 Å². The van der Waals surface area contributed by atoms with Gasteiger partial charge in [-0.05, 0) is 30.7 Å². The molecule has 0 aliphatic heterocycles. The van der Waals surface area contributed by atoms with E-state index in [0.29, 0.717) is 28.7 Å². The van der Waals surface area contributed by atoms with Crippen molar-refractivity contribution in [3.8, 4) is 11.3 Å². The molecule has 1 aromatic carbocycles. The first-order chi connectivity index (χ1) is 8.11. The van der Waals surface area contributed by atoms with E-state index in [0.717, 1.165) is 5.56 Å². The van der Waals surface area contributed by atoms with Crippen LogP contribution >= 0.6 is 11.6 Å². The van der Waals surface area contributed by atoms with Crippen LogP contribution in [0.4, 0.5) is 4.39 Å². The lowest BCUT2D eigenvalue weighted by molar-refractivity contribution is 0.297. The second kappa shape index (κ2) is 4.85. The van der Waals surface area contributed by atoms with Gasteiger partial charge in [0.2, 0.25) is 0 Å². The van der Waals surface area contributed by atoms with E-state index >= 15 is 0 Å². The van der Waals surface area contributed by atoms with Gasteiger partial charge in [-0.2, -0.15) is 0 Å². The van der Waals surface area contributed by atoms with Gasteiger partial charge < -0.3 is 10.1 Å². The molecule has 2 N–H and O–H groups in total. The highest BCUT2D eigenvalue weighted by Gasteiger charge is 2.11. The second-order valence-corrected chi connectivity index (χ2v) is 4.16. The van der Waals surface area contributed by atoms with Gasteiger partial charge >= 0.3 is 0 Å². The number of nitrogens with zero attached hydrogens (tertiary/aromatic N) is 1. The minimum absolute atomic E-state index is 0.00568. The summed E-state index contributed by atoms with van der Waals surface area (Å²) in [5, 5.41) is 9.22. The van der Waals surface area contributed by atoms with E-state index < -0.39 is 0 Å². The largest absolute Gasteiger partial charge is 0.396 e. The molecule has 0 atom stereocenters. The van der Waals surface area contributed by atoms with Crippen LogP contribution in [0.15, 0.2) is 18.2 Å². The van der Waals surface area contributed by atoms with E-state index in [2.05, 4.69) is 9.97 Å². The lowest BCUT2D eigenvalue weighted by Gasteiger charge is -2.00. The molecular weight excluding hydrogens is 243 g/mol. The molecule has 0 spiro atoms. The molecule has 0 unspecified atom stereocenters. The molecule has 0 fully saturated rings. The molecule has 1 aromatic heterocycles. The Morgan fingerprint density at radius 1 is 1.47 bits per heavy atom. The third-order valence-corrected chi connectivity index (χ3v) is 2.76. The number of aromatic amines is 1. The summed E-state index contributed by atoms with van der Waals surface area (Å²) >= 11 is 6.01. The highest BCUT2D eigenvalue weighted by atomic mass is 35.5. The Balaban J connectivity index is 2.41. The van der Waals surface area contributed by atoms with Crippen LogP contribution in [-0.2, 0) is 6.42 Å². The van der Waals surface area contributed by atoms with Crippen LogP contribution in [0.5, 0.6) is 0 Å². The molecule has 2 aromatic rings. The Morgan fingerprint density at radius 2 is 2.24 bits per heavy atom. The van der Waals surface area contributed by atoms with Crippen molar-refractivity contribution in [3.05, 3.63) is 40.6 Å². The average molecular weight is 255 g/mol. The maximum absolute atomic E-state index is 13.1. The van der Waals surface area contributed by atoms with Crippen molar-refractivity contribution < 1.29 is 9.50 Å². The number of aliphatic hydroxyl groups excluding tert-OH is 1. The summed E-state index contributed by atoms with van der Waals surface area (Å²) < 4.78 is 13.1. The van der Waals surface area contributed by atoms with Crippen molar-refractivity contribution in [1.29, 1.82) is 0 Å². The maximum atomic E-state index is 13.1. The summed E-state index contributed by atoms with van der Waals surface area (Å²) in [6.45, 7) is 1.69. The van der Waals surface area contributed by atoms with Crippen molar-refractivity contribution in [2.75, 3.05) is 6.61 Å². The SMILES string of the molecule is Cc1cc(-c2nc(CCO)[nH]c2Cl)ccc1F. The zero-order valence-corrected chi connectivity index (χ0v) is 10.1. The molecule has 5 heteroatoms. The molecule has 90 valence electrons. The van der Waals surface area contributed by atoms with Crippen molar-refractivity contribution in [2.24, 2.45) is 0 Å². The van der Waals surface area contributed by atoms with Gasteiger partial charge in [-0.15, -0.1) is 0 Å². The first-order valence-corrected chi connectivity index (χ1v) is 5.61. The van der Waals surface area contributed by atoms with Gasteiger partial charge in [0.15, 0.2) is 0 Å². The van der Waals surface area contributed by atoms with Gasteiger partial charge in [-0.3, -0.25) is 0 Å². The van der Waals surface area contributed by atoms with Crippen molar-refractivity contribution in [1.82, 2.24) is 9.97 Å². The topological polar surface area (TPSA) is 48.9 Å². The number of benzene rings is 1. The molecule has 2 rings (SSSR count). The molecule has 0 saturated carbocycles. The van der Waals surface area contributed by atoms with Crippen molar-refractivity contribution in [3.63, 3.8) is 0 Å². The number of aromatic nitrogens is 2. The molecule has 17 heavy (non-hydrogen) atoms. The maximum Gasteiger partial charge on any atom is 0.134 e. The molecule has 3 nitrogen and oxygen atoms in total. The second-order valence-electron chi connectivity index (χ2n) is 3.78. The monoisotopic (exact) mass is 254 g/mol. The Kier molecular flexibility index (Phi) is 3.45. The van der Waals surface area contributed by atoms with E-state index in [-0.39, 0.29) is 12.4 Å². The van der Waals surface area contributed by atoms with Gasteiger partial charge in [0.1, 0.15) is 22.5 Å². The number of halogens is 2. The fourth-order valence-electron chi connectivity index (χ4n) is 1.61. The summed E-state index contributed by atoms with van der Waals surface area (Å²) in [5.74, 6) is 0.366. The number of aryl methyl sites for hydroxylation is 1. The molecule has 0 saturated heterocycles. The Morgan fingerprint density at radius 3 is 2.88 bits per heavy atom. The van der Waals surface area contributed by atoms with E-state index in [9.17, 15) is 4.39 Å². The Bertz CT molecular complexity index is 539. The number of rotatable bonds is 3. The third-order valence-electron chi connectivity index (χ3n) is 2.49. The summed E-state index contributed by atoms with van der Waals surface area (Å²) in [4.78, 5) is 7.15. The number of nitrogens with one attached hydrogen (secondary N) is 1. The fraction of sp³-hybridized carbons (Fsp3) is 0.250. The zero-order chi connectivity index (χ0) is 12.4. The quantitative estimate of drug-likeness (QED) is 0.885. The Hall–Kier alpha value is -1.39. The number of aliphatic hydroxyl groups is 1. The predicted molar refractivity (Wildman–Crippen MR) is 64.5 cm³/mol. The molecule has 0 radical (unpaired) electrons. The van der Waals surface area contributed by atoms with Crippen LogP contribution in [0.3, 0.4) is 0 Å². The number of imidazole rings is 1. The van der Waals surface area contributed by atoms with E-state index in [4.69, 9.17) is 16.7 Å². The zero-order valence-electron chi connectivity index (χ0n) is 9.30. The van der Waals surface area contributed by atoms with E-state index in [1.54, 1.807) is 19.1 Å².